The highest BCUT2D eigenvalue weighted by atomic mass is 28.3. The molecular weight excluding hydrogens is 721 g/mol. The fourth-order valence-corrected chi connectivity index (χ4v) is 14.5. The van der Waals surface area contributed by atoms with Gasteiger partial charge in [-0.05, 0) is 75.3 Å². The lowest BCUT2D eigenvalue weighted by Crippen LogP contribution is -2.74. The molecule has 0 radical (unpaired) electrons. The summed E-state index contributed by atoms with van der Waals surface area (Å²) in [4.78, 5) is 0. The van der Waals surface area contributed by atoms with E-state index in [1.54, 1.807) is 0 Å². The van der Waals surface area contributed by atoms with Crippen LogP contribution in [0.2, 0.25) is 0 Å². The second-order valence-corrected chi connectivity index (χ2v) is 19.1. The second kappa shape index (κ2) is 12.8. The van der Waals surface area contributed by atoms with Crippen molar-refractivity contribution in [2.24, 2.45) is 0 Å². The zero-order valence-corrected chi connectivity index (χ0v) is 32.6. The third-order valence-electron chi connectivity index (χ3n) is 12.3. The van der Waals surface area contributed by atoms with Gasteiger partial charge in [-0.25, -0.2) is 0 Å². The summed E-state index contributed by atoms with van der Waals surface area (Å²) in [6, 6.07) is 80.4. The fourth-order valence-electron chi connectivity index (χ4n) is 9.78. The van der Waals surface area contributed by atoms with Crippen LogP contribution in [-0.4, -0.2) is 17.2 Å². The summed E-state index contributed by atoms with van der Waals surface area (Å²) >= 11 is 0. The Balaban J connectivity index is 1.12. The zero-order valence-electron chi connectivity index (χ0n) is 31.6. The maximum atomic E-state index is 6.24. The number of para-hydroxylation sites is 3. The molecule has 0 saturated heterocycles. The number of benzene rings is 9. The standard InChI is InChI=1S/C54H36N2OSi/c1-4-16-39(17-5-1)58(40-18-6-2-7-19-40,41-20-8-3-9-21-41)42-30-32-51-47(36-42)44-23-11-14-26-50(44)55(51)38-28-31-45-43-22-10-13-25-49(43)56(52(45)35-38)37-29-33-54-48(34-37)46-24-12-15-27-53(46)57-54/h1-36H. The van der Waals surface area contributed by atoms with Crippen molar-refractivity contribution >= 4 is 94.4 Å². The van der Waals surface area contributed by atoms with Crippen LogP contribution in [0.3, 0.4) is 0 Å². The molecule has 3 heterocycles. The summed E-state index contributed by atoms with van der Waals surface area (Å²) in [5.41, 5.74) is 8.76. The average Bonchev–Trinajstić information content (AvgIpc) is 3.95. The minimum Gasteiger partial charge on any atom is -0.456 e. The number of nitrogens with zero attached hydrogens (tertiary/aromatic N) is 2. The van der Waals surface area contributed by atoms with Crippen molar-refractivity contribution in [3.8, 4) is 11.4 Å². The van der Waals surface area contributed by atoms with Crippen LogP contribution in [0.4, 0.5) is 0 Å². The third-order valence-corrected chi connectivity index (χ3v) is 17.0. The maximum absolute atomic E-state index is 6.24. The van der Waals surface area contributed by atoms with Crippen LogP contribution < -0.4 is 20.7 Å². The van der Waals surface area contributed by atoms with Gasteiger partial charge in [-0.1, -0.05) is 164 Å². The molecule has 0 atom stereocenters. The first-order chi connectivity index (χ1) is 28.8. The lowest BCUT2D eigenvalue weighted by molar-refractivity contribution is 0.669. The molecule has 0 spiro atoms. The molecule has 272 valence electrons. The zero-order chi connectivity index (χ0) is 38.2. The molecule has 0 aliphatic rings. The molecule has 0 amide bonds. The van der Waals surface area contributed by atoms with Gasteiger partial charge in [0.05, 0.1) is 22.1 Å². The van der Waals surface area contributed by atoms with Crippen LogP contribution in [-0.2, 0) is 0 Å². The number of hydrogen-bond acceptors (Lipinski definition) is 1. The summed E-state index contributed by atoms with van der Waals surface area (Å²) in [5, 5.41) is 12.7. The predicted molar refractivity (Wildman–Crippen MR) is 246 cm³/mol. The number of hydrogen-bond donors (Lipinski definition) is 0. The predicted octanol–water partition coefficient (Wildman–Crippen LogP) is 11.2. The Hall–Kier alpha value is -7.40. The Morgan fingerprint density at radius 2 is 0.741 bits per heavy atom. The van der Waals surface area contributed by atoms with E-state index >= 15 is 0 Å². The van der Waals surface area contributed by atoms with Crippen molar-refractivity contribution in [3.63, 3.8) is 0 Å². The van der Waals surface area contributed by atoms with Gasteiger partial charge in [0, 0.05) is 43.7 Å². The van der Waals surface area contributed by atoms with Crippen LogP contribution in [0, 0.1) is 0 Å². The summed E-state index contributed by atoms with van der Waals surface area (Å²) in [7, 11) is -2.73. The van der Waals surface area contributed by atoms with Crippen LogP contribution in [0.5, 0.6) is 0 Å². The molecule has 58 heavy (non-hydrogen) atoms. The Labute approximate surface area is 336 Å². The van der Waals surface area contributed by atoms with Crippen LogP contribution in [0.1, 0.15) is 0 Å². The Bertz CT molecular complexity index is 3410. The molecule has 0 fully saturated rings. The first-order valence-corrected chi connectivity index (χ1v) is 21.9. The van der Waals surface area contributed by atoms with Gasteiger partial charge in [-0.3, -0.25) is 0 Å². The molecule has 0 aliphatic heterocycles. The molecule has 0 saturated carbocycles. The minimum absolute atomic E-state index is 0.898. The quantitative estimate of drug-likeness (QED) is 0.122. The molecule has 12 rings (SSSR count). The van der Waals surface area contributed by atoms with E-state index in [2.05, 4.69) is 215 Å². The average molecular weight is 757 g/mol. The first-order valence-electron chi connectivity index (χ1n) is 19.9. The Kier molecular flexibility index (Phi) is 7.25. The molecule has 0 N–H and O–H groups in total. The largest absolute Gasteiger partial charge is 0.456 e. The lowest BCUT2D eigenvalue weighted by atomic mass is 10.1. The second-order valence-electron chi connectivity index (χ2n) is 15.3. The van der Waals surface area contributed by atoms with E-state index in [0.29, 0.717) is 0 Å². The third kappa shape index (κ3) is 4.73. The minimum atomic E-state index is -2.73. The molecule has 4 heteroatoms. The lowest BCUT2D eigenvalue weighted by Gasteiger charge is -2.34. The molecular formula is C54H36N2OSi. The van der Waals surface area contributed by atoms with E-state index in [-0.39, 0.29) is 0 Å². The van der Waals surface area contributed by atoms with Crippen LogP contribution in [0.25, 0.3) is 76.9 Å². The van der Waals surface area contributed by atoms with Gasteiger partial charge in [-0.2, -0.15) is 0 Å². The summed E-state index contributed by atoms with van der Waals surface area (Å²) in [5.74, 6) is 0. The van der Waals surface area contributed by atoms with Crippen LogP contribution >= 0.6 is 0 Å². The SMILES string of the molecule is c1ccc([Si](c2ccccc2)(c2ccccc2)c2ccc3c(c2)c2ccccc2n3-c2ccc3c4ccccc4n(-c4ccc5oc6ccccc6c5c4)c3c2)cc1. The van der Waals surface area contributed by atoms with Gasteiger partial charge in [-0.15, -0.1) is 0 Å². The first kappa shape index (κ1) is 32.8. The summed E-state index contributed by atoms with van der Waals surface area (Å²) in [6.45, 7) is 0. The Morgan fingerprint density at radius 1 is 0.276 bits per heavy atom. The highest BCUT2D eigenvalue weighted by molar-refractivity contribution is 7.20. The number of rotatable bonds is 6. The van der Waals surface area contributed by atoms with E-state index in [1.165, 1.54) is 58.8 Å². The monoisotopic (exact) mass is 756 g/mol. The van der Waals surface area contributed by atoms with E-state index in [0.717, 1.165) is 38.8 Å². The van der Waals surface area contributed by atoms with Crippen molar-refractivity contribution in [2.75, 3.05) is 0 Å². The molecule has 0 bridgehead atoms. The van der Waals surface area contributed by atoms with Crippen molar-refractivity contribution in [2.45, 2.75) is 0 Å². The van der Waals surface area contributed by atoms with Crippen molar-refractivity contribution < 1.29 is 4.42 Å². The Morgan fingerprint density at radius 3 is 1.40 bits per heavy atom. The van der Waals surface area contributed by atoms with Gasteiger partial charge in [0.25, 0.3) is 0 Å². The van der Waals surface area contributed by atoms with Gasteiger partial charge in [0.2, 0.25) is 0 Å². The topological polar surface area (TPSA) is 23.0 Å². The van der Waals surface area contributed by atoms with E-state index in [9.17, 15) is 0 Å². The van der Waals surface area contributed by atoms with Crippen molar-refractivity contribution in [1.29, 1.82) is 0 Å². The molecule has 12 aromatic rings. The highest BCUT2D eigenvalue weighted by Gasteiger charge is 2.41. The van der Waals surface area contributed by atoms with Gasteiger partial charge < -0.3 is 13.6 Å². The van der Waals surface area contributed by atoms with Gasteiger partial charge >= 0.3 is 0 Å². The van der Waals surface area contributed by atoms with Gasteiger partial charge in [0.15, 0.2) is 8.07 Å². The van der Waals surface area contributed by atoms with Crippen molar-refractivity contribution in [1.82, 2.24) is 9.13 Å². The normalized spacial score (nSPS) is 12.1. The van der Waals surface area contributed by atoms with E-state index in [4.69, 9.17) is 4.42 Å². The summed E-state index contributed by atoms with van der Waals surface area (Å²) < 4.78 is 11.1. The van der Waals surface area contributed by atoms with Crippen molar-refractivity contribution in [3.05, 3.63) is 218 Å². The van der Waals surface area contributed by atoms with E-state index in [1.807, 2.05) is 12.1 Å². The van der Waals surface area contributed by atoms with Crippen LogP contribution in [0.15, 0.2) is 223 Å². The fraction of sp³-hybridized carbons (Fsp3) is 0. The summed E-state index contributed by atoms with van der Waals surface area (Å²) in [6.07, 6.45) is 0. The molecule has 0 unspecified atom stereocenters. The van der Waals surface area contributed by atoms with E-state index < -0.39 is 8.07 Å². The number of furan rings is 1. The molecule has 3 nitrogen and oxygen atoms in total. The smallest absolute Gasteiger partial charge is 0.179 e. The number of aromatic nitrogens is 2. The maximum Gasteiger partial charge on any atom is 0.179 e. The number of fused-ring (bicyclic) bond motifs is 9. The molecule has 3 aromatic heterocycles. The highest BCUT2D eigenvalue weighted by Crippen LogP contribution is 2.38. The van der Waals surface area contributed by atoms with Gasteiger partial charge in [0.1, 0.15) is 11.2 Å². The molecule has 9 aromatic carbocycles. The molecule has 0 aliphatic carbocycles.